The van der Waals surface area contributed by atoms with Crippen molar-refractivity contribution in [2.75, 3.05) is 46.6 Å². The summed E-state index contributed by atoms with van der Waals surface area (Å²) >= 11 is 0. The van der Waals surface area contributed by atoms with Gasteiger partial charge in [-0.1, -0.05) is 12.1 Å². The number of methoxy groups -OCH3 is 1. The van der Waals surface area contributed by atoms with Crippen LogP contribution in [0.3, 0.4) is 0 Å². The van der Waals surface area contributed by atoms with Gasteiger partial charge in [0.2, 0.25) is 0 Å². The van der Waals surface area contributed by atoms with E-state index >= 15 is 0 Å². The number of carbonyl (C=O) groups excluding carboxylic acids is 1. The van der Waals surface area contributed by atoms with Gasteiger partial charge in [0.1, 0.15) is 5.75 Å². The van der Waals surface area contributed by atoms with E-state index in [1.165, 1.54) is 5.56 Å². The first-order chi connectivity index (χ1) is 12.2. The van der Waals surface area contributed by atoms with Gasteiger partial charge in [-0.05, 0) is 36.0 Å². The number of fused-ring (bicyclic) bond motifs is 1. The van der Waals surface area contributed by atoms with Crippen molar-refractivity contribution in [2.45, 2.75) is 13.0 Å². The van der Waals surface area contributed by atoms with E-state index in [1.807, 2.05) is 12.1 Å². The van der Waals surface area contributed by atoms with Gasteiger partial charge in [-0.15, -0.1) is 0 Å². The molecule has 1 amide bonds. The lowest BCUT2D eigenvalue weighted by Gasteiger charge is -2.33. The summed E-state index contributed by atoms with van der Waals surface area (Å²) in [4.78, 5) is 20.7. The quantitative estimate of drug-likeness (QED) is 0.828. The molecule has 6 nitrogen and oxygen atoms in total. The fourth-order valence-electron chi connectivity index (χ4n) is 4.27. The zero-order chi connectivity index (χ0) is 17.2. The number of likely N-dealkylation sites (tertiary alicyclic amines) is 1. The van der Waals surface area contributed by atoms with Gasteiger partial charge in [0.05, 0.1) is 39.4 Å². The first-order valence-electron chi connectivity index (χ1n) is 9.12. The molecule has 3 heterocycles. The summed E-state index contributed by atoms with van der Waals surface area (Å²) < 4.78 is 11.0. The Morgan fingerprint density at radius 3 is 2.80 bits per heavy atom. The lowest BCUT2D eigenvalue weighted by Crippen LogP contribution is -2.45. The van der Waals surface area contributed by atoms with Crippen LogP contribution < -0.4 is 4.74 Å². The van der Waals surface area contributed by atoms with Crippen LogP contribution >= 0.6 is 0 Å². The number of carbonyl (C=O) groups is 1. The molecule has 0 unspecified atom stereocenters. The van der Waals surface area contributed by atoms with Gasteiger partial charge in [0.25, 0.3) is 5.91 Å². The maximum atomic E-state index is 12.8. The Labute approximate surface area is 148 Å². The lowest BCUT2D eigenvalue weighted by molar-refractivity contribution is -0.181. The summed E-state index contributed by atoms with van der Waals surface area (Å²) in [7, 11) is 1.68. The van der Waals surface area contributed by atoms with Gasteiger partial charge in [-0.25, -0.2) is 5.06 Å². The van der Waals surface area contributed by atoms with E-state index in [-0.39, 0.29) is 11.8 Å². The van der Waals surface area contributed by atoms with Crippen LogP contribution in [0.4, 0.5) is 0 Å². The van der Waals surface area contributed by atoms with Gasteiger partial charge < -0.3 is 9.47 Å². The normalized spacial score (nSPS) is 29.6. The van der Waals surface area contributed by atoms with Gasteiger partial charge in [0, 0.05) is 19.6 Å². The molecule has 6 heteroatoms. The minimum Gasteiger partial charge on any atom is -0.497 e. The maximum absolute atomic E-state index is 12.8. The summed E-state index contributed by atoms with van der Waals surface area (Å²) in [6.45, 7) is 5.48. The molecule has 0 aromatic heterocycles. The number of hydrogen-bond donors (Lipinski definition) is 0. The first-order valence-corrected chi connectivity index (χ1v) is 9.12. The number of rotatable bonds is 4. The highest BCUT2D eigenvalue weighted by atomic mass is 16.7. The lowest BCUT2D eigenvalue weighted by atomic mass is 9.82. The minimum atomic E-state index is -0.0716. The zero-order valence-electron chi connectivity index (χ0n) is 14.7. The first kappa shape index (κ1) is 16.8. The van der Waals surface area contributed by atoms with Crippen molar-refractivity contribution in [3.8, 4) is 5.75 Å². The molecule has 3 aliphatic heterocycles. The predicted octanol–water partition coefficient (Wildman–Crippen LogP) is 1.55. The molecule has 136 valence electrons. The van der Waals surface area contributed by atoms with Crippen molar-refractivity contribution in [3.05, 3.63) is 29.8 Å². The smallest absolute Gasteiger partial charge is 0.251 e. The maximum Gasteiger partial charge on any atom is 0.251 e. The fourth-order valence-corrected chi connectivity index (χ4v) is 4.27. The van der Waals surface area contributed by atoms with E-state index in [0.717, 1.165) is 38.4 Å². The van der Waals surface area contributed by atoms with Crippen molar-refractivity contribution >= 4 is 5.91 Å². The van der Waals surface area contributed by atoms with Crippen LogP contribution in [-0.4, -0.2) is 62.4 Å². The van der Waals surface area contributed by atoms with E-state index < -0.39 is 0 Å². The van der Waals surface area contributed by atoms with E-state index in [1.54, 1.807) is 12.2 Å². The largest absolute Gasteiger partial charge is 0.497 e. The third-order valence-electron chi connectivity index (χ3n) is 5.59. The van der Waals surface area contributed by atoms with E-state index in [2.05, 4.69) is 17.0 Å². The van der Waals surface area contributed by atoms with Gasteiger partial charge in [-0.2, -0.15) is 0 Å². The molecule has 3 aliphatic rings. The van der Waals surface area contributed by atoms with Crippen LogP contribution in [0.15, 0.2) is 24.3 Å². The molecule has 3 fully saturated rings. The zero-order valence-corrected chi connectivity index (χ0v) is 14.7. The van der Waals surface area contributed by atoms with Gasteiger partial charge >= 0.3 is 0 Å². The van der Waals surface area contributed by atoms with Crippen molar-refractivity contribution in [3.63, 3.8) is 0 Å². The molecule has 1 aromatic rings. The molecule has 3 saturated heterocycles. The number of amides is 1. The second kappa shape index (κ2) is 7.32. The summed E-state index contributed by atoms with van der Waals surface area (Å²) in [6, 6.07) is 8.22. The molecule has 0 radical (unpaired) electrons. The molecular formula is C19H26N2O4. The molecule has 1 aromatic carbocycles. The second-order valence-corrected chi connectivity index (χ2v) is 7.24. The number of ether oxygens (including phenoxy) is 2. The van der Waals surface area contributed by atoms with E-state index in [9.17, 15) is 4.79 Å². The standard InChI is InChI=1S/C19H26N2O4/c1-23-16-5-3-14(4-6-16)9-20-10-15-12-24-13-18(17(15)11-20)19(22)21-7-2-8-25-21/h3-6,15,17-18H,2,7-13H2,1H3/t15-,17-,18-/m0/s1. The molecule has 0 N–H and O–H groups in total. The van der Waals surface area contributed by atoms with Gasteiger partial charge in [-0.3, -0.25) is 14.5 Å². The predicted molar refractivity (Wildman–Crippen MR) is 91.8 cm³/mol. The SMILES string of the molecule is COc1ccc(CN2C[C@H]3COC[C@H](C(=O)N4CCCO4)[C@H]3C2)cc1. The Kier molecular flexibility index (Phi) is 4.92. The van der Waals surface area contributed by atoms with Crippen LogP contribution in [0, 0.1) is 17.8 Å². The molecule has 0 saturated carbocycles. The Hall–Kier alpha value is -1.63. The molecule has 25 heavy (non-hydrogen) atoms. The van der Waals surface area contributed by atoms with E-state index in [4.69, 9.17) is 14.3 Å². The second-order valence-electron chi connectivity index (χ2n) is 7.24. The monoisotopic (exact) mass is 346 g/mol. The topological polar surface area (TPSA) is 51.2 Å². The number of hydrogen-bond acceptors (Lipinski definition) is 5. The van der Waals surface area contributed by atoms with Crippen molar-refractivity contribution in [1.82, 2.24) is 9.96 Å². The third-order valence-corrected chi connectivity index (χ3v) is 5.59. The van der Waals surface area contributed by atoms with Crippen LogP contribution in [0.1, 0.15) is 12.0 Å². The third kappa shape index (κ3) is 3.52. The molecule has 0 spiro atoms. The highest BCUT2D eigenvalue weighted by molar-refractivity contribution is 5.78. The summed E-state index contributed by atoms with van der Waals surface area (Å²) in [5, 5.41) is 1.56. The fraction of sp³-hybridized carbons (Fsp3) is 0.632. The van der Waals surface area contributed by atoms with Crippen LogP contribution in [0.5, 0.6) is 5.75 Å². The summed E-state index contributed by atoms with van der Waals surface area (Å²) in [6.07, 6.45) is 0.928. The summed E-state index contributed by atoms with van der Waals surface area (Å²) in [5.74, 6) is 1.71. The average Bonchev–Trinajstić information content (AvgIpc) is 3.31. The Bertz CT molecular complexity index is 600. The Balaban J connectivity index is 1.40. The van der Waals surface area contributed by atoms with Crippen LogP contribution in [0.25, 0.3) is 0 Å². The molecule has 4 rings (SSSR count). The highest BCUT2D eigenvalue weighted by Gasteiger charge is 2.45. The number of benzene rings is 1. The molecule has 3 atom stereocenters. The average molecular weight is 346 g/mol. The highest BCUT2D eigenvalue weighted by Crippen LogP contribution is 2.36. The molecule has 0 aliphatic carbocycles. The van der Waals surface area contributed by atoms with Crippen LogP contribution in [-0.2, 0) is 20.9 Å². The van der Waals surface area contributed by atoms with Gasteiger partial charge in [0.15, 0.2) is 0 Å². The number of hydroxylamine groups is 2. The minimum absolute atomic E-state index is 0.0716. The molecule has 0 bridgehead atoms. The summed E-state index contributed by atoms with van der Waals surface area (Å²) in [5.41, 5.74) is 1.27. The van der Waals surface area contributed by atoms with Crippen molar-refractivity contribution in [1.29, 1.82) is 0 Å². The van der Waals surface area contributed by atoms with Crippen molar-refractivity contribution in [2.24, 2.45) is 17.8 Å². The Morgan fingerprint density at radius 1 is 1.24 bits per heavy atom. The Morgan fingerprint density at radius 2 is 2.08 bits per heavy atom. The van der Waals surface area contributed by atoms with Crippen molar-refractivity contribution < 1.29 is 19.1 Å². The van der Waals surface area contributed by atoms with Crippen LogP contribution in [0.2, 0.25) is 0 Å². The number of nitrogens with zero attached hydrogens (tertiary/aromatic N) is 2. The van der Waals surface area contributed by atoms with E-state index in [0.29, 0.717) is 31.6 Å². The molecular weight excluding hydrogens is 320 g/mol.